The van der Waals surface area contributed by atoms with Crippen LogP contribution in [0.2, 0.25) is 0 Å². The monoisotopic (exact) mass is 355 g/mol. The molecule has 2 fully saturated rings. The van der Waals surface area contributed by atoms with Crippen molar-refractivity contribution in [2.45, 2.75) is 25.3 Å². The summed E-state index contributed by atoms with van der Waals surface area (Å²) in [4.78, 5) is 27.7. The molecule has 2 aromatic rings. The van der Waals surface area contributed by atoms with E-state index in [-0.39, 0.29) is 17.9 Å². The Morgan fingerprint density at radius 2 is 2.23 bits per heavy atom. The highest BCUT2D eigenvalue weighted by Gasteiger charge is 2.47. The van der Waals surface area contributed by atoms with E-state index in [4.69, 9.17) is 15.2 Å². The largest absolute Gasteiger partial charge is 0.496 e. The second-order valence-corrected chi connectivity index (χ2v) is 6.85. The number of pyridine rings is 1. The molecule has 2 amide bonds. The van der Waals surface area contributed by atoms with Crippen LogP contribution in [-0.4, -0.2) is 36.6 Å². The maximum atomic E-state index is 11.8. The van der Waals surface area contributed by atoms with Gasteiger partial charge in [-0.25, -0.2) is 4.98 Å². The molecular formula is C19H21N3O4. The van der Waals surface area contributed by atoms with Gasteiger partial charge in [0.25, 0.3) is 5.91 Å². The highest BCUT2D eigenvalue weighted by Crippen LogP contribution is 2.42. The summed E-state index contributed by atoms with van der Waals surface area (Å²) in [6.45, 7) is 0.458. The summed E-state index contributed by atoms with van der Waals surface area (Å²) in [6.07, 6.45) is 4.49. The van der Waals surface area contributed by atoms with Gasteiger partial charge in [-0.15, -0.1) is 0 Å². The van der Waals surface area contributed by atoms with Gasteiger partial charge in [-0.3, -0.25) is 9.59 Å². The van der Waals surface area contributed by atoms with Gasteiger partial charge in [-0.1, -0.05) is 0 Å². The van der Waals surface area contributed by atoms with E-state index < -0.39 is 5.91 Å². The van der Waals surface area contributed by atoms with Crippen LogP contribution in [0.25, 0.3) is 10.8 Å². The zero-order valence-electron chi connectivity index (χ0n) is 14.5. The smallest absolute Gasteiger partial charge is 0.252 e. The third kappa shape index (κ3) is 2.73. The number of nitrogens with one attached hydrogen (secondary N) is 1. The molecule has 4 rings (SSSR count). The van der Waals surface area contributed by atoms with E-state index in [0.29, 0.717) is 29.7 Å². The van der Waals surface area contributed by atoms with Gasteiger partial charge in [0.05, 0.1) is 19.3 Å². The fourth-order valence-electron chi connectivity index (χ4n) is 3.95. The Bertz CT molecular complexity index is 882. The second-order valence-electron chi connectivity index (χ2n) is 6.85. The second kappa shape index (κ2) is 6.48. The van der Waals surface area contributed by atoms with Crippen LogP contribution in [0.4, 0.5) is 0 Å². The van der Waals surface area contributed by atoms with Crippen LogP contribution in [-0.2, 0) is 4.79 Å². The first kappa shape index (κ1) is 16.6. The van der Waals surface area contributed by atoms with Gasteiger partial charge >= 0.3 is 0 Å². The van der Waals surface area contributed by atoms with Crippen LogP contribution >= 0.6 is 0 Å². The van der Waals surface area contributed by atoms with Crippen molar-refractivity contribution in [2.24, 2.45) is 17.6 Å². The number of carbonyl (C=O) groups excluding carboxylic acids is 2. The molecule has 1 aliphatic carbocycles. The predicted octanol–water partition coefficient (Wildman–Crippen LogP) is 1.64. The van der Waals surface area contributed by atoms with Crippen molar-refractivity contribution in [3.05, 3.63) is 30.0 Å². The van der Waals surface area contributed by atoms with Gasteiger partial charge in [0.1, 0.15) is 5.75 Å². The Hall–Kier alpha value is -2.83. The lowest BCUT2D eigenvalue weighted by atomic mass is 9.72. The van der Waals surface area contributed by atoms with Crippen LogP contribution in [0, 0.1) is 11.8 Å². The minimum Gasteiger partial charge on any atom is -0.496 e. The number of primary amides is 1. The van der Waals surface area contributed by atoms with E-state index in [2.05, 4.69) is 10.3 Å². The van der Waals surface area contributed by atoms with Crippen LogP contribution in [0.5, 0.6) is 11.6 Å². The molecule has 136 valence electrons. The summed E-state index contributed by atoms with van der Waals surface area (Å²) < 4.78 is 11.2. The number of nitrogens with two attached hydrogens (primary N) is 1. The van der Waals surface area contributed by atoms with Crippen LogP contribution in [0.3, 0.4) is 0 Å². The Morgan fingerprint density at radius 3 is 2.88 bits per heavy atom. The van der Waals surface area contributed by atoms with Crippen LogP contribution < -0.4 is 20.5 Å². The van der Waals surface area contributed by atoms with Gasteiger partial charge in [0, 0.05) is 30.0 Å². The number of benzene rings is 1. The molecule has 1 saturated heterocycles. The summed E-state index contributed by atoms with van der Waals surface area (Å²) in [5, 5.41) is 4.63. The van der Waals surface area contributed by atoms with E-state index in [9.17, 15) is 9.59 Å². The topological polar surface area (TPSA) is 104 Å². The molecule has 7 heteroatoms. The summed E-state index contributed by atoms with van der Waals surface area (Å²) in [5.74, 6) is 1.15. The summed E-state index contributed by atoms with van der Waals surface area (Å²) >= 11 is 0. The Labute approximate surface area is 150 Å². The fourth-order valence-corrected chi connectivity index (χ4v) is 3.95. The average Bonchev–Trinajstić information content (AvgIpc) is 2.80. The maximum Gasteiger partial charge on any atom is 0.252 e. The molecule has 3 N–H and O–H groups in total. The van der Waals surface area contributed by atoms with Crippen LogP contribution in [0.1, 0.15) is 29.6 Å². The lowest BCUT2D eigenvalue weighted by Crippen LogP contribution is -2.33. The minimum absolute atomic E-state index is 0.179. The van der Waals surface area contributed by atoms with Gasteiger partial charge in [0.2, 0.25) is 11.8 Å². The van der Waals surface area contributed by atoms with Crippen LogP contribution in [0.15, 0.2) is 24.4 Å². The molecule has 0 radical (unpaired) electrons. The molecule has 1 saturated carbocycles. The van der Waals surface area contributed by atoms with Crippen molar-refractivity contribution in [1.82, 2.24) is 10.3 Å². The minimum atomic E-state index is -0.546. The summed E-state index contributed by atoms with van der Waals surface area (Å²) in [7, 11) is 1.49. The number of hydrogen-bond donors (Lipinski definition) is 2. The fraction of sp³-hybridized carbons (Fsp3) is 0.421. The zero-order valence-corrected chi connectivity index (χ0v) is 14.5. The lowest BCUT2D eigenvalue weighted by Gasteiger charge is -2.30. The van der Waals surface area contributed by atoms with E-state index in [0.717, 1.165) is 30.0 Å². The highest BCUT2D eigenvalue weighted by molar-refractivity contribution is 6.01. The van der Waals surface area contributed by atoms with E-state index in [1.165, 1.54) is 7.11 Å². The first-order valence-corrected chi connectivity index (χ1v) is 8.78. The number of hydrogen-bond acceptors (Lipinski definition) is 5. The summed E-state index contributed by atoms with van der Waals surface area (Å²) in [5.41, 5.74) is 5.73. The average molecular weight is 355 g/mol. The Kier molecular flexibility index (Phi) is 4.14. The number of carbonyl (C=O) groups is 2. The molecule has 3 atom stereocenters. The standard InChI is InChI=1S/C19H21N3O4/c1-25-16-9-13-10(8-14(16)17(20)23)4-6-21-19(13)26-7-5-15-11-2-3-12(11)18(24)22-15/h4,6,8-9,11-12,15H,2-3,5,7H2,1H3,(H2,20,23)(H,22,24)/t11?,12?,15-/m1/s1. The Morgan fingerprint density at radius 1 is 1.38 bits per heavy atom. The normalized spacial score (nSPS) is 23.9. The molecule has 1 aromatic heterocycles. The van der Waals surface area contributed by atoms with Gasteiger partial charge in [0.15, 0.2) is 0 Å². The molecule has 26 heavy (non-hydrogen) atoms. The van der Waals surface area contributed by atoms with Crippen molar-refractivity contribution in [3.63, 3.8) is 0 Å². The lowest BCUT2D eigenvalue weighted by molar-refractivity contribution is -0.124. The number of aromatic nitrogens is 1. The van der Waals surface area contributed by atoms with Gasteiger partial charge in [-0.05, 0) is 42.3 Å². The number of ether oxygens (including phenoxy) is 2. The van der Waals surface area contributed by atoms with Gasteiger partial charge < -0.3 is 20.5 Å². The predicted molar refractivity (Wildman–Crippen MR) is 95.1 cm³/mol. The van der Waals surface area contributed by atoms with Crippen molar-refractivity contribution in [2.75, 3.05) is 13.7 Å². The van der Waals surface area contributed by atoms with Crippen molar-refractivity contribution < 1.29 is 19.1 Å². The number of fused-ring (bicyclic) bond motifs is 2. The molecule has 1 aliphatic heterocycles. The molecule has 2 unspecified atom stereocenters. The van der Waals surface area contributed by atoms with Crippen molar-refractivity contribution >= 4 is 22.6 Å². The third-order valence-electron chi connectivity index (χ3n) is 5.49. The zero-order chi connectivity index (χ0) is 18.3. The molecular weight excluding hydrogens is 334 g/mol. The first-order chi connectivity index (χ1) is 12.6. The van der Waals surface area contributed by atoms with E-state index in [1.807, 2.05) is 0 Å². The number of rotatable bonds is 6. The van der Waals surface area contributed by atoms with E-state index in [1.54, 1.807) is 24.4 Å². The molecule has 1 aromatic carbocycles. The quantitative estimate of drug-likeness (QED) is 0.820. The number of methoxy groups -OCH3 is 1. The SMILES string of the molecule is COc1cc2c(OCC[C@H]3NC(=O)C4CCC43)nccc2cc1C(N)=O. The third-order valence-corrected chi connectivity index (χ3v) is 5.49. The molecule has 0 bridgehead atoms. The van der Waals surface area contributed by atoms with E-state index >= 15 is 0 Å². The molecule has 7 nitrogen and oxygen atoms in total. The maximum absolute atomic E-state index is 11.8. The molecule has 2 heterocycles. The van der Waals surface area contributed by atoms with Crippen molar-refractivity contribution in [1.29, 1.82) is 0 Å². The first-order valence-electron chi connectivity index (χ1n) is 8.78. The molecule has 2 aliphatic rings. The number of nitrogens with zero attached hydrogens (tertiary/aromatic N) is 1. The highest BCUT2D eigenvalue weighted by atomic mass is 16.5. The number of amides is 2. The van der Waals surface area contributed by atoms with Crippen molar-refractivity contribution in [3.8, 4) is 11.6 Å². The summed E-state index contributed by atoms with van der Waals surface area (Å²) in [6, 6.07) is 5.38. The molecule has 0 spiro atoms. The Balaban J connectivity index is 1.51. The van der Waals surface area contributed by atoms with Gasteiger partial charge in [-0.2, -0.15) is 0 Å².